The maximum Gasteiger partial charge on any atom is 0.241 e. The molecule has 1 aromatic carbocycles. The number of halogens is 1. The average molecular weight is 308 g/mol. The molecule has 0 radical (unpaired) electrons. The lowest BCUT2D eigenvalue weighted by Crippen LogP contribution is -3.06. The Kier molecular flexibility index (Phi) is 4.91. The third-order valence-electron chi connectivity index (χ3n) is 2.04. The van der Waals surface area contributed by atoms with Gasteiger partial charge in [0, 0.05) is 4.47 Å². The number of likely N-dealkylation sites (N-methyl/N-ethyl adjacent to an activating group) is 1. The Labute approximate surface area is 105 Å². The van der Waals surface area contributed by atoms with Gasteiger partial charge in [0.1, 0.15) is 0 Å². The highest BCUT2D eigenvalue weighted by atomic mass is 79.9. The van der Waals surface area contributed by atoms with Crippen molar-refractivity contribution in [2.45, 2.75) is 4.90 Å². The number of rotatable bonds is 5. The zero-order valence-electron chi connectivity index (χ0n) is 9.33. The van der Waals surface area contributed by atoms with Crippen LogP contribution >= 0.6 is 15.9 Å². The van der Waals surface area contributed by atoms with Crippen molar-refractivity contribution in [1.29, 1.82) is 0 Å². The van der Waals surface area contributed by atoms with Crippen molar-refractivity contribution in [3.8, 4) is 0 Å². The summed E-state index contributed by atoms with van der Waals surface area (Å²) in [5.41, 5.74) is 0. The maximum absolute atomic E-state index is 11.9. The lowest BCUT2D eigenvalue weighted by atomic mass is 10.4. The molecule has 0 aliphatic carbocycles. The van der Waals surface area contributed by atoms with Crippen LogP contribution in [0.1, 0.15) is 0 Å². The Balaban J connectivity index is 2.75. The summed E-state index contributed by atoms with van der Waals surface area (Å²) >= 11 is 3.23. The van der Waals surface area contributed by atoms with Gasteiger partial charge in [0.05, 0.1) is 32.1 Å². The van der Waals surface area contributed by atoms with Crippen LogP contribution in [0.25, 0.3) is 0 Å². The first kappa shape index (κ1) is 13.6. The topological polar surface area (TPSA) is 50.6 Å². The lowest BCUT2D eigenvalue weighted by Gasteiger charge is -2.10. The molecule has 0 aliphatic rings. The number of quaternary nitrogens is 1. The monoisotopic (exact) mass is 307 g/mol. The first-order valence-corrected chi connectivity index (χ1v) is 7.24. The molecular formula is C10H16BrN2O2S+. The van der Waals surface area contributed by atoms with Crippen molar-refractivity contribution in [2.24, 2.45) is 0 Å². The molecule has 2 N–H and O–H groups in total. The maximum atomic E-state index is 11.9. The quantitative estimate of drug-likeness (QED) is 0.796. The van der Waals surface area contributed by atoms with E-state index in [2.05, 4.69) is 20.7 Å². The third-order valence-corrected chi connectivity index (χ3v) is 4.52. The third kappa shape index (κ3) is 3.86. The summed E-state index contributed by atoms with van der Waals surface area (Å²) in [6, 6.07) is 6.78. The van der Waals surface area contributed by atoms with Crippen LogP contribution in [0.2, 0.25) is 0 Å². The van der Waals surface area contributed by atoms with Gasteiger partial charge in [-0.05, 0) is 28.1 Å². The number of hydrogen-bond acceptors (Lipinski definition) is 2. The molecule has 1 rings (SSSR count). The van der Waals surface area contributed by atoms with E-state index in [1.165, 1.54) is 4.90 Å². The van der Waals surface area contributed by atoms with Crippen molar-refractivity contribution in [2.75, 3.05) is 27.2 Å². The molecule has 4 nitrogen and oxygen atoms in total. The fraction of sp³-hybridized carbons (Fsp3) is 0.400. The summed E-state index contributed by atoms with van der Waals surface area (Å²) in [7, 11) is 0.561. The second-order valence-corrected chi connectivity index (χ2v) is 6.38. The largest absolute Gasteiger partial charge is 0.339 e. The van der Waals surface area contributed by atoms with E-state index >= 15 is 0 Å². The first-order valence-electron chi connectivity index (χ1n) is 4.97. The van der Waals surface area contributed by atoms with Gasteiger partial charge in [-0.25, -0.2) is 13.1 Å². The van der Waals surface area contributed by atoms with Crippen molar-refractivity contribution in [3.05, 3.63) is 28.7 Å². The summed E-state index contributed by atoms with van der Waals surface area (Å²) in [5.74, 6) is 0. The lowest BCUT2D eigenvalue weighted by molar-refractivity contribution is -0.856. The molecule has 90 valence electrons. The Morgan fingerprint density at radius 2 is 1.94 bits per heavy atom. The van der Waals surface area contributed by atoms with Crippen LogP contribution in [0.3, 0.4) is 0 Å². The van der Waals surface area contributed by atoms with Crippen LogP contribution in [0, 0.1) is 0 Å². The molecule has 0 aromatic heterocycles. The van der Waals surface area contributed by atoms with Gasteiger partial charge in [-0.3, -0.25) is 0 Å². The van der Waals surface area contributed by atoms with Crippen molar-refractivity contribution in [1.82, 2.24) is 4.72 Å². The SMILES string of the molecule is C[NH+](C)CCNS(=O)(=O)c1ccccc1Br. The summed E-state index contributed by atoms with van der Waals surface area (Å²) in [6.07, 6.45) is 0. The highest BCUT2D eigenvalue weighted by Crippen LogP contribution is 2.20. The molecule has 16 heavy (non-hydrogen) atoms. The Morgan fingerprint density at radius 3 is 2.50 bits per heavy atom. The number of sulfonamides is 1. The molecule has 0 saturated heterocycles. The van der Waals surface area contributed by atoms with E-state index in [4.69, 9.17) is 0 Å². The van der Waals surface area contributed by atoms with Gasteiger partial charge in [-0.2, -0.15) is 0 Å². The predicted octanol–water partition coefficient (Wildman–Crippen LogP) is -0.128. The standard InChI is InChI=1S/C10H15BrN2O2S/c1-13(2)8-7-12-16(14,15)10-6-4-3-5-9(10)11/h3-6,12H,7-8H2,1-2H3/p+1. The van der Waals surface area contributed by atoms with Gasteiger partial charge in [-0.1, -0.05) is 12.1 Å². The zero-order valence-corrected chi connectivity index (χ0v) is 11.7. The number of hydrogen-bond donors (Lipinski definition) is 2. The van der Waals surface area contributed by atoms with Gasteiger partial charge in [0.2, 0.25) is 10.0 Å². The molecule has 6 heteroatoms. The Bertz CT molecular complexity index is 446. The average Bonchev–Trinajstić information content (AvgIpc) is 2.17. The number of benzene rings is 1. The summed E-state index contributed by atoms with van der Waals surface area (Å²) in [5, 5.41) is 0. The molecule has 0 bridgehead atoms. The Hall–Kier alpha value is -0.430. The van der Waals surface area contributed by atoms with Crippen LogP contribution in [-0.2, 0) is 10.0 Å². The molecule has 0 heterocycles. The molecule has 1 aromatic rings. The van der Waals surface area contributed by atoms with E-state index in [1.54, 1.807) is 24.3 Å². The highest BCUT2D eigenvalue weighted by Gasteiger charge is 2.16. The van der Waals surface area contributed by atoms with Gasteiger partial charge in [0.25, 0.3) is 0 Å². The summed E-state index contributed by atoms with van der Waals surface area (Å²) < 4.78 is 26.9. The molecule has 0 fully saturated rings. The Morgan fingerprint density at radius 1 is 1.31 bits per heavy atom. The zero-order chi connectivity index (χ0) is 12.2. The predicted molar refractivity (Wildman–Crippen MR) is 67.0 cm³/mol. The van der Waals surface area contributed by atoms with Crippen LogP contribution in [0.4, 0.5) is 0 Å². The highest BCUT2D eigenvalue weighted by molar-refractivity contribution is 9.10. The van der Waals surface area contributed by atoms with Crippen molar-refractivity contribution in [3.63, 3.8) is 0 Å². The smallest absolute Gasteiger partial charge is 0.241 e. The van der Waals surface area contributed by atoms with Crippen molar-refractivity contribution < 1.29 is 13.3 Å². The minimum atomic E-state index is -3.40. The van der Waals surface area contributed by atoms with E-state index in [0.29, 0.717) is 11.0 Å². The van der Waals surface area contributed by atoms with Crippen LogP contribution in [-0.4, -0.2) is 35.6 Å². The fourth-order valence-corrected chi connectivity index (χ4v) is 3.21. The minimum absolute atomic E-state index is 0.281. The molecular weight excluding hydrogens is 292 g/mol. The van der Waals surface area contributed by atoms with Crippen molar-refractivity contribution >= 4 is 26.0 Å². The normalized spacial score (nSPS) is 12.0. The molecule has 0 atom stereocenters. The van der Waals surface area contributed by atoms with E-state index in [1.807, 2.05) is 14.1 Å². The second kappa shape index (κ2) is 5.77. The summed E-state index contributed by atoms with van der Waals surface area (Å²) in [4.78, 5) is 1.48. The summed E-state index contributed by atoms with van der Waals surface area (Å²) in [6.45, 7) is 1.19. The van der Waals surface area contributed by atoms with Gasteiger partial charge in [-0.15, -0.1) is 0 Å². The van der Waals surface area contributed by atoms with E-state index < -0.39 is 10.0 Å². The molecule has 0 spiro atoms. The van der Waals surface area contributed by atoms with Crippen LogP contribution < -0.4 is 9.62 Å². The van der Waals surface area contributed by atoms with Gasteiger partial charge < -0.3 is 4.90 Å². The van der Waals surface area contributed by atoms with Gasteiger partial charge in [0.15, 0.2) is 0 Å². The van der Waals surface area contributed by atoms with E-state index in [9.17, 15) is 8.42 Å². The number of nitrogens with one attached hydrogen (secondary N) is 2. The fourth-order valence-electron chi connectivity index (χ4n) is 1.18. The first-order chi connectivity index (χ1) is 7.43. The second-order valence-electron chi connectivity index (χ2n) is 3.79. The molecule has 0 unspecified atom stereocenters. The van der Waals surface area contributed by atoms with E-state index in [0.717, 1.165) is 6.54 Å². The molecule has 0 saturated carbocycles. The molecule has 0 aliphatic heterocycles. The van der Waals surface area contributed by atoms with E-state index in [-0.39, 0.29) is 4.90 Å². The molecule has 0 amide bonds. The van der Waals surface area contributed by atoms with Crippen LogP contribution in [0.5, 0.6) is 0 Å². The minimum Gasteiger partial charge on any atom is -0.339 e. The van der Waals surface area contributed by atoms with Gasteiger partial charge >= 0.3 is 0 Å². The van der Waals surface area contributed by atoms with Crippen LogP contribution in [0.15, 0.2) is 33.6 Å².